The number of anilines is 1. The first kappa shape index (κ1) is 12.8. The monoisotopic (exact) mass is 249 g/mol. The zero-order valence-electron chi connectivity index (χ0n) is 10.6. The van der Waals surface area contributed by atoms with Gasteiger partial charge in [-0.1, -0.05) is 6.07 Å². The highest BCUT2D eigenvalue weighted by atomic mass is 16.3. The van der Waals surface area contributed by atoms with Crippen molar-refractivity contribution in [3.8, 4) is 0 Å². The molecule has 0 radical (unpaired) electrons. The Balaban J connectivity index is 2.15. The minimum atomic E-state index is -0.0914. The molecule has 0 saturated carbocycles. The fourth-order valence-electron chi connectivity index (χ4n) is 2.27. The maximum atomic E-state index is 12.3. The number of aliphatic hydroxyl groups is 1. The number of likely N-dealkylation sites (tertiary alicyclic amines) is 1. The van der Waals surface area contributed by atoms with Crippen LogP contribution in [0.1, 0.15) is 30.3 Å². The molecule has 2 heterocycles. The molecule has 1 aliphatic rings. The molecular weight excluding hydrogens is 230 g/mol. The molecule has 1 unspecified atom stereocenters. The van der Waals surface area contributed by atoms with E-state index in [-0.39, 0.29) is 18.6 Å². The molecule has 5 heteroatoms. The molecule has 1 aliphatic heterocycles. The first-order valence-electron chi connectivity index (χ1n) is 6.39. The number of aromatic nitrogens is 1. The van der Waals surface area contributed by atoms with Crippen LogP contribution in [-0.2, 0) is 0 Å². The van der Waals surface area contributed by atoms with Crippen LogP contribution in [0.25, 0.3) is 0 Å². The Morgan fingerprint density at radius 1 is 1.61 bits per heavy atom. The van der Waals surface area contributed by atoms with Gasteiger partial charge in [-0.2, -0.15) is 0 Å². The number of rotatable bonds is 4. The van der Waals surface area contributed by atoms with Crippen molar-refractivity contribution in [1.82, 2.24) is 9.88 Å². The number of aliphatic hydroxyl groups excluding tert-OH is 1. The maximum absolute atomic E-state index is 12.3. The molecule has 1 saturated heterocycles. The van der Waals surface area contributed by atoms with Crippen molar-refractivity contribution in [2.24, 2.45) is 0 Å². The summed E-state index contributed by atoms with van der Waals surface area (Å²) in [4.78, 5) is 18.3. The molecule has 1 atom stereocenters. The Kier molecular flexibility index (Phi) is 4.15. The Hall–Kier alpha value is -1.62. The third kappa shape index (κ3) is 2.61. The Bertz CT molecular complexity index is 422. The highest BCUT2D eigenvalue weighted by Crippen LogP contribution is 2.19. The molecular formula is C13H19N3O2. The molecule has 1 aromatic rings. The van der Waals surface area contributed by atoms with Crippen LogP contribution in [-0.4, -0.2) is 46.6 Å². The van der Waals surface area contributed by atoms with Gasteiger partial charge < -0.3 is 15.3 Å². The van der Waals surface area contributed by atoms with E-state index >= 15 is 0 Å². The number of hydrogen-bond donors (Lipinski definition) is 2. The van der Waals surface area contributed by atoms with Crippen LogP contribution >= 0.6 is 0 Å². The fourth-order valence-corrected chi connectivity index (χ4v) is 2.27. The number of hydrogen-bond acceptors (Lipinski definition) is 4. The minimum Gasteiger partial charge on any atom is -0.394 e. The lowest BCUT2D eigenvalue weighted by atomic mass is 10.2. The third-order valence-electron chi connectivity index (χ3n) is 3.17. The first-order valence-corrected chi connectivity index (χ1v) is 6.39. The third-order valence-corrected chi connectivity index (χ3v) is 3.17. The highest BCUT2D eigenvalue weighted by molar-refractivity contribution is 5.93. The summed E-state index contributed by atoms with van der Waals surface area (Å²) in [6.07, 6.45) is 1.82. The van der Waals surface area contributed by atoms with Crippen molar-refractivity contribution in [2.75, 3.05) is 25.0 Å². The van der Waals surface area contributed by atoms with Crippen molar-refractivity contribution >= 4 is 11.7 Å². The summed E-state index contributed by atoms with van der Waals surface area (Å²) >= 11 is 0. The summed E-state index contributed by atoms with van der Waals surface area (Å²) in [6.45, 7) is 3.49. The SMILES string of the molecule is CCNc1cccc(C(=O)N2CCCC2CO)n1. The second kappa shape index (κ2) is 5.82. The summed E-state index contributed by atoms with van der Waals surface area (Å²) in [5.41, 5.74) is 0.439. The molecule has 1 amide bonds. The Labute approximate surface area is 107 Å². The summed E-state index contributed by atoms with van der Waals surface area (Å²) < 4.78 is 0. The summed E-state index contributed by atoms with van der Waals surface area (Å²) in [6, 6.07) is 5.33. The molecule has 18 heavy (non-hydrogen) atoms. The van der Waals surface area contributed by atoms with Crippen LogP contribution in [0.2, 0.25) is 0 Å². The second-order valence-corrected chi connectivity index (χ2v) is 4.42. The van der Waals surface area contributed by atoms with Gasteiger partial charge in [-0.3, -0.25) is 4.79 Å². The maximum Gasteiger partial charge on any atom is 0.272 e. The molecule has 0 aromatic carbocycles. The van der Waals surface area contributed by atoms with Gasteiger partial charge >= 0.3 is 0 Å². The lowest BCUT2D eigenvalue weighted by molar-refractivity contribution is 0.0672. The van der Waals surface area contributed by atoms with Crippen molar-refractivity contribution in [1.29, 1.82) is 0 Å². The standard InChI is InChI=1S/C13H19N3O2/c1-2-14-12-7-3-6-11(15-12)13(18)16-8-4-5-10(16)9-17/h3,6-7,10,17H,2,4-5,8-9H2,1H3,(H,14,15). The Morgan fingerprint density at radius 2 is 2.44 bits per heavy atom. The normalized spacial score (nSPS) is 19.0. The number of carbonyl (C=O) groups excluding carboxylic acids is 1. The first-order chi connectivity index (χ1) is 8.76. The van der Waals surface area contributed by atoms with Crippen LogP contribution < -0.4 is 5.32 Å². The van der Waals surface area contributed by atoms with E-state index in [4.69, 9.17) is 0 Å². The van der Waals surface area contributed by atoms with E-state index in [0.717, 1.165) is 19.4 Å². The molecule has 0 spiro atoms. The van der Waals surface area contributed by atoms with Gasteiger partial charge in [0.25, 0.3) is 5.91 Å². The van der Waals surface area contributed by atoms with E-state index in [9.17, 15) is 9.90 Å². The lowest BCUT2D eigenvalue weighted by Crippen LogP contribution is -2.38. The molecule has 0 bridgehead atoms. The molecule has 0 aliphatic carbocycles. The van der Waals surface area contributed by atoms with Crippen LogP contribution in [0.5, 0.6) is 0 Å². The second-order valence-electron chi connectivity index (χ2n) is 4.42. The Morgan fingerprint density at radius 3 is 3.17 bits per heavy atom. The smallest absolute Gasteiger partial charge is 0.272 e. The highest BCUT2D eigenvalue weighted by Gasteiger charge is 2.29. The van der Waals surface area contributed by atoms with Crippen molar-refractivity contribution in [3.05, 3.63) is 23.9 Å². The van der Waals surface area contributed by atoms with Gasteiger partial charge in [0.1, 0.15) is 11.5 Å². The zero-order valence-corrected chi connectivity index (χ0v) is 10.6. The predicted molar refractivity (Wildman–Crippen MR) is 69.5 cm³/mol. The summed E-state index contributed by atoms with van der Waals surface area (Å²) in [7, 11) is 0. The van der Waals surface area contributed by atoms with Gasteiger partial charge in [0.15, 0.2) is 0 Å². The van der Waals surface area contributed by atoms with E-state index in [0.29, 0.717) is 18.1 Å². The summed E-state index contributed by atoms with van der Waals surface area (Å²) in [5, 5.41) is 12.3. The number of pyridine rings is 1. The predicted octanol–water partition coefficient (Wildman–Crippen LogP) is 1.11. The fraction of sp³-hybridized carbons (Fsp3) is 0.538. The van der Waals surface area contributed by atoms with Crippen molar-refractivity contribution in [3.63, 3.8) is 0 Å². The number of amides is 1. The topological polar surface area (TPSA) is 65.5 Å². The van der Waals surface area contributed by atoms with Gasteiger partial charge in [0.2, 0.25) is 0 Å². The molecule has 2 N–H and O–H groups in total. The van der Waals surface area contributed by atoms with E-state index < -0.39 is 0 Å². The van der Waals surface area contributed by atoms with E-state index in [1.165, 1.54) is 0 Å². The number of carbonyl (C=O) groups is 1. The minimum absolute atomic E-state index is 0.0264. The quantitative estimate of drug-likeness (QED) is 0.839. The molecule has 1 fully saturated rings. The molecule has 5 nitrogen and oxygen atoms in total. The largest absolute Gasteiger partial charge is 0.394 e. The van der Waals surface area contributed by atoms with Gasteiger partial charge in [-0.05, 0) is 31.9 Å². The van der Waals surface area contributed by atoms with Gasteiger partial charge in [0, 0.05) is 13.1 Å². The molecule has 98 valence electrons. The lowest BCUT2D eigenvalue weighted by Gasteiger charge is -2.22. The van der Waals surface area contributed by atoms with Gasteiger partial charge in [0.05, 0.1) is 12.6 Å². The van der Waals surface area contributed by atoms with E-state index in [1.807, 2.05) is 19.1 Å². The molecule has 2 rings (SSSR count). The average molecular weight is 249 g/mol. The molecule has 1 aromatic heterocycles. The average Bonchev–Trinajstić information content (AvgIpc) is 2.87. The van der Waals surface area contributed by atoms with Crippen molar-refractivity contribution < 1.29 is 9.90 Å². The van der Waals surface area contributed by atoms with Gasteiger partial charge in [-0.15, -0.1) is 0 Å². The van der Waals surface area contributed by atoms with Crippen LogP contribution in [0.3, 0.4) is 0 Å². The van der Waals surface area contributed by atoms with Crippen LogP contribution in [0.15, 0.2) is 18.2 Å². The van der Waals surface area contributed by atoms with E-state index in [1.54, 1.807) is 11.0 Å². The number of nitrogens with zero attached hydrogens (tertiary/aromatic N) is 2. The summed E-state index contributed by atoms with van der Waals surface area (Å²) in [5.74, 6) is 0.620. The van der Waals surface area contributed by atoms with E-state index in [2.05, 4.69) is 10.3 Å². The van der Waals surface area contributed by atoms with Gasteiger partial charge in [-0.25, -0.2) is 4.98 Å². The zero-order chi connectivity index (χ0) is 13.0. The van der Waals surface area contributed by atoms with Crippen molar-refractivity contribution in [2.45, 2.75) is 25.8 Å². The number of nitrogens with one attached hydrogen (secondary N) is 1. The van der Waals surface area contributed by atoms with Crippen LogP contribution in [0, 0.1) is 0 Å². The van der Waals surface area contributed by atoms with Crippen LogP contribution in [0.4, 0.5) is 5.82 Å².